The zero-order valence-corrected chi connectivity index (χ0v) is 12.4. The summed E-state index contributed by atoms with van der Waals surface area (Å²) in [5, 5.41) is 2.11. The van der Waals surface area contributed by atoms with Gasteiger partial charge in [-0.1, -0.05) is 45.4 Å². The molecule has 0 aromatic carbocycles. The van der Waals surface area contributed by atoms with Crippen molar-refractivity contribution in [3.63, 3.8) is 0 Å². The normalized spacial score (nSPS) is 12.9. The molecule has 16 heavy (non-hydrogen) atoms. The molecule has 0 aliphatic heterocycles. The van der Waals surface area contributed by atoms with Gasteiger partial charge in [0.05, 0.1) is 0 Å². The van der Waals surface area contributed by atoms with E-state index in [2.05, 4.69) is 34.3 Å². The van der Waals surface area contributed by atoms with E-state index in [-0.39, 0.29) is 6.04 Å². The van der Waals surface area contributed by atoms with Gasteiger partial charge in [-0.05, 0) is 28.4 Å². The van der Waals surface area contributed by atoms with Crippen LogP contribution in [0.25, 0.3) is 0 Å². The number of hydrogen-bond acceptors (Lipinski definition) is 2. The van der Waals surface area contributed by atoms with Crippen LogP contribution in [0.2, 0.25) is 0 Å². The standard InChI is InChI=1S/C13H22BrNS/c1-2-3-4-5-6-7-8-12(15)13-9-11(14)10-16-13/h9-10,12H,2-8,15H2,1H3. The SMILES string of the molecule is CCCCCCCCC(N)c1cc(Br)cs1. The molecular weight excluding hydrogens is 282 g/mol. The average Bonchev–Trinajstić information content (AvgIpc) is 2.70. The molecule has 2 N–H and O–H groups in total. The van der Waals surface area contributed by atoms with Crippen LogP contribution in [0.5, 0.6) is 0 Å². The molecule has 0 bridgehead atoms. The smallest absolute Gasteiger partial charge is 0.0390 e. The summed E-state index contributed by atoms with van der Waals surface area (Å²) < 4.78 is 1.16. The minimum absolute atomic E-state index is 0.238. The fourth-order valence-corrected chi connectivity index (χ4v) is 3.29. The number of unbranched alkanes of at least 4 members (excludes halogenated alkanes) is 5. The Balaban J connectivity index is 2.09. The summed E-state index contributed by atoms with van der Waals surface area (Å²) >= 11 is 5.22. The fraction of sp³-hybridized carbons (Fsp3) is 0.692. The number of nitrogens with two attached hydrogens (primary N) is 1. The van der Waals surface area contributed by atoms with Crippen molar-refractivity contribution in [2.75, 3.05) is 0 Å². The zero-order chi connectivity index (χ0) is 11.8. The van der Waals surface area contributed by atoms with Gasteiger partial charge in [-0.3, -0.25) is 0 Å². The highest BCUT2D eigenvalue weighted by Crippen LogP contribution is 2.27. The molecule has 1 aromatic rings. The van der Waals surface area contributed by atoms with E-state index in [0.29, 0.717) is 0 Å². The van der Waals surface area contributed by atoms with E-state index in [4.69, 9.17) is 5.73 Å². The van der Waals surface area contributed by atoms with Gasteiger partial charge in [0.1, 0.15) is 0 Å². The Labute approximate surface area is 112 Å². The predicted octanol–water partition coefficient (Wildman–Crippen LogP) is 5.26. The molecule has 1 rings (SSSR count). The highest BCUT2D eigenvalue weighted by Gasteiger charge is 2.07. The van der Waals surface area contributed by atoms with Gasteiger partial charge in [-0.25, -0.2) is 0 Å². The second-order valence-electron chi connectivity index (χ2n) is 4.33. The maximum Gasteiger partial charge on any atom is 0.0390 e. The topological polar surface area (TPSA) is 26.0 Å². The fourth-order valence-electron chi connectivity index (χ4n) is 1.81. The first-order chi connectivity index (χ1) is 7.74. The van der Waals surface area contributed by atoms with Gasteiger partial charge in [-0.15, -0.1) is 11.3 Å². The van der Waals surface area contributed by atoms with Crippen LogP contribution in [0, 0.1) is 0 Å². The summed E-state index contributed by atoms with van der Waals surface area (Å²) in [6.07, 6.45) is 9.18. The average molecular weight is 304 g/mol. The molecule has 1 heterocycles. The molecule has 3 heteroatoms. The van der Waals surface area contributed by atoms with Gasteiger partial charge in [0, 0.05) is 20.8 Å². The number of hydrogen-bond donors (Lipinski definition) is 1. The van der Waals surface area contributed by atoms with Crippen LogP contribution in [0.3, 0.4) is 0 Å². The Hall–Kier alpha value is 0.140. The van der Waals surface area contributed by atoms with E-state index < -0.39 is 0 Å². The Bertz CT molecular complexity index is 285. The lowest BCUT2D eigenvalue weighted by Gasteiger charge is -2.08. The third-order valence-electron chi connectivity index (χ3n) is 2.82. The Morgan fingerprint density at radius 1 is 1.25 bits per heavy atom. The molecule has 1 unspecified atom stereocenters. The molecule has 1 nitrogen and oxygen atoms in total. The molecule has 0 saturated heterocycles. The molecule has 1 atom stereocenters. The zero-order valence-electron chi connectivity index (χ0n) is 10.0. The summed E-state index contributed by atoms with van der Waals surface area (Å²) in [7, 11) is 0. The van der Waals surface area contributed by atoms with Gasteiger partial charge < -0.3 is 5.73 Å². The van der Waals surface area contributed by atoms with E-state index >= 15 is 0 Å². The summed E-state index contributed by atoms with van der Waals surface area (Å²) in [5.41, 5.74) is 6.14. The molecule has 92 valence electrons. The highest BCUT2D eigenvalue weighted by molar-refractivity contribution is 9.10. The predicted molar refractivity (Wildman–Crippen MR) is 76.9 cm³/mol. The summed E-state index contributed by atoms with van der Waals surface area (Å²) in [6, 6.07) is 2.38. The van der Waals surface area contributed by atoms with E-state index in [9.17, 15) is 0 Å². The third kappa shape index (κ3) is 5.46. The number of thiophene rings is 1. The molecule has 0 saturated carbocycles. The van der Waals surface area contributed by atoms with Crippen molar-refractivity contribution in [3.8, 4) is 0 Å². The summed E-state index contributed by atoms with van der Waals surface area (Å²) in [4.78, 5) is 1.31. The monoisotopic (exact) mass is 303 g/mol. The molecule has 0 radical (unpaired) electrons. The van der Waals surface area contributed by atoms with E-state index in [1.54, 1.807) is 11.3 Å². The van der Waals surface area contributed by atoms with Crippen molar-refractivity contribution in [2.24, 2.45) is 5.73 Å². The maximum absolute atomic E-state index is 6.14. The first-order valence-electron chi connectivity index (χ1n) is 6.23. The van der Waals surface area contributed by atoms with Gasteiger partial charge in [0.2, 0.25) is 0 Å². The maximum atomic E-state index is 6.14. The second kappa shape index (κ2) is 8.26. The third-order valence-corrected chi connectivity index (χ3v) is 4.65. The Morgan fingerprint density at radius 2 is 1.94 bits per heavy atom. The minimum Gasteiger partial charge on any atom is -0.323 e. The van der Waals surface area contributed by atoms with E-state index in [1.807, 2.05) is 0 Å². The lowest BCUT2D eigenvalue weighted by molar-refractivity contribution is 0.551. The van der Waals surface area contributed by atoms with Crippen molar-refractivity contribution < 1.29 is 0 Å². The second-order valence-corrected chi connectivity index (χ2v) is 6.19. The van der Waals surface area contributed by atoms with Gasteiger partial charge >= 0.3 is 0 Å². The largest absolute Gasteiger partial charge is 0.323 e. The van der Waals surface area contributed by atoms with E-state index in [0.717, 1.165) is 10.9 Å². The van der Waals surface area contributed by atoms with Crippen LogP contribution < -0.4 is 5.73 Å². The van der Waals surface area contributed by atoms with Crippen molar-refractivity contribution in [1.82, 2.24) is 0 Å². The molecule has 0 amide bonds. The first-order valence-corrected chi connectivity index (χ1v) is 7.90. The lowest BCUT2D eigenvalue weighted by atomic mass is 10.1. The van der Waals surface area contributed by atoms with Gasteiger partial charge in [0.25, 0.3) is 0 Å². The number of halogens is 1. The van der Waals surface area contributed by atoms with Crippen LogP contribution in [-0.4, -0.2) is 0 Å². The van der Waals surface area contributed by atoms with E-state index in [1.165, 1.54) is 43.4 Å². The van der Waals surface area contributed by atoms with Crippen molar-refractivity contribution in [2.45, 2.75) is 57.9 Å². The van der Waals surface area contributed by atoms with Crippen LogP contribution in [0.1, 0.15) is 62.8 Å². The Kier molecular flexibility index (Phi) is 7.33. The van der Waals surface area contributed by atoms with Crippen LogP contribution in [0.15, 0.2) is 15.9 Å². The van der Waals surface area contributed by atoms with Crippen LogP contribution >= 0.6 is 27.3 Å². The molecule has 0 spiro atoms. The van der Waals surface area contributed by atoms with Crippen molar-refractivity contribution >= 4 is 27.3 Å². The molecule has 0 fully saturated rings. The summed E-state index contributed by atoms with van der Waals surface area (Å²) in [6.45, 7) is 2.25. The van der Waals surface area contributed by atoms with Crippen LogP contribution in [0.4, 0.5) is 0 Å². The number of rotatable bonds is 8. The lowest BCUT2D eigenvalue weighted by Crippen LogP contribution is -2.08. The Morgan fingerprint density at radius 3 is 2.56 bits per heavy atom. The molecule has 1 aromatic heterocycles. The first kappa shape index (κ1) is 14.2. The summed E-state index contributed by atoms with van der Waals surface area (Å²) in [5.74, 6) is 0. The highest BCUT2D eigenvalue weighted by atomic mass is 79.9. The molecule has 0 aliphatic carbocycles. The van der Waals surface area contributed by atoms with Crippen molar-refractivity contribution in [3.05, 3.63) is 20.8 Å². The molecule has 0 aliphatic rings. The minimum atomic E-state index is 0.238. The molecular formula is C13H22BrNS. The van der Waals surface area contributed by atoms with Crippen LogP contribution in [-0.2, 0) is 0 Å². The quantitative estimate of drug-likeness (QED) is 0.651. The van der Waals surface area contributed by atoms with Crippen molar-refractivity contribution in [1.29, 1.82) is 0 Å². The van der Waals surface area contributed by atoms with Gasteiger partial charge in [-0.2, -0.15) is 0 Å². The van der Waals surface area contributed by atoms with Gasteiger partial charge in [0.15, 0.2) is 0 Å².